The molecule has 1 N–H and O–H groups in total. The number of ether oxygens (including phenoxy) is 2. The van der Waals surface area contributed by atoms with Crippen LogP contribution in [0.2, 0.25) is 5.02 Å². The summed E-state index contributed by atoms with van der Waals surface area (Å²) in [7, 11) is 1.60. The summed E-state index contributed by atoms with van der Waals surface area (Å²) in [4.78, 5) is 0. The Morgan fingerprint density at radius 1 is 1.22 bits per heavy atom. The molecule has 0 bridgehead atoms. The predicted molar refractivity (Wildman–Crippen MR) is 110 cm³/mol. The van der Waals surface area contributed by atoms with Gasteiger partial charge in [-0.05, 0) is 58.6 Å². The van der Waals surface area contributed by atoms with Crippen LogP contribution in [0.15, 0.2) is 34.8 Å². The molecule has 0 spiro atoms. The van der Waals surface area contributed by atoms with Gasteiger partial charge in [-0.2, -0.15) is 0 Å². The maximum Gasteiger partial charge on any atom is 0.175 e. The van der Waals surface area contributed by atoms with Gasteiger partial charge in [0.2, 0.25) is 0 Å². The average Bonchev–Trinajstić information content (AvgIpc) is 2.67. The van der Waals surface area contributed by atoms with Gasteiger partial charge in [-0.3, -0.25) is 0 Å². The zero-order valence-electron chi connectivity index (χ0n) is 15.4. The molecule has 0 radical (unpaired) electrons. The van der Waals surface area contributed by atoms with Crippen LogP contribution in [0.3, 0.4) is 0 Å². The van der Waals surface area contributed by atoms with Crippen molar-refractivity contribution >= 4 is 27.5 Å². The fraction of sp³-hybridized carbons (Fsp3) is 0.429. The van der Waals surface area contributed by atoms with E-state index in [4.69, 9.17) is 21.1 Å². The van der Waals surface area contributed by atoms with Crippen molar-refractivity contribution in [3.05, 3.63) is 56.8 Å². The highest BCUT2D eigenvalue weighted by molar-refractivity contribution is 9.10. The molecule has 3 rings (SSSR count). The van der Waals surface area contributed by atoms with Crippen molar-refractivity contribution in [2.24, 2.45) is 0 Å². The van der Waals surface area contributed by atoms with E-state index in [2.05, 4.69) is 21.2 Å². The summed E-state index contributed by atoms with van der Waals surface area (Å²) >= 11 is 9.63. The number of methoxy groups -OCH3 is 1. The largest absolute Gasteiger partial charge is 0.493 e. The van der Waals surface area contributed by atoms with Gasteiger partial charge in [-0.25, -0.2) is 4.39 Å². The lowest BCUT2D eigenvalue weighted by Crippen LogP contribution is -2.30. The van der Waals surface area contributed by atoms with Gasteiger partial charge in [0.25, 0.3) is 0 Å². The van der Waals surface area contributed by atoms with Crippen molar-refractivity contribution in [3.8, 4) is 11.5 Å². The molecule has 0 atom stereocenters. The molecule has 0 aromatic heterocycles. The van der Waals surface area contributed by atoms with Gasteiger partial charge in [-0.15, -0.1) is 0 Å². The summed E-state index contributed by atoms with van der Waals surface area (Å²) in [6.45, 7) is 0.805. The van der Waals surface area contributed by atoms with Gasteiger partial charge in [0.1, 0.15) is 12.4 Å². The second kappa shape index (κ2) is 9.76. The minimum atomic E-state index is -0.383. The van der Waals surface area contributed by atoms with E-state index in [-0.39, 0.29) is 12.4 Å². The van der Waals surface area contributed by atoms with Crippen molar-refractivity contribution < 1.29 is 13.9 Å². The minimum absolute atomic E-state index is 0.0279. The second-order valence-electron chi connectivity index (χ2n) is 6.81. The molecule has 146 valence electrons. The van der Waals surface area contributed by atoms with Gasteiger partial charge in [0.05, 0.1) is 16.6 Å². The van der Waals surface area contributed by atoms with Crippen molar-refractivity contribution in [2.45, 2.75) is 51.3 Å². The van der Waals surface area contributed by atoms with E-state index < -0.39 is 0 Å². The fourth-order valence-corrected chi connectivity index (χ4v) is 4.22. The van der Waals surface area contributed by atoms with Crippen molar-refractivity contribution in [1.29, 1.82) is 0 Å². The summed E-state index contributed by atoms with van der Waals surface area (Å²) in [6, 6.07) is 9.15. The molecule has 0 heterocycles. The minimum Gasteiger partial charge on any atom is -0.493 e. The summed E-state index contributed by atoms with van der Waals surface area (Å²) in [6.07, 6.45) is 6.42. The van der Waals surface area contributed by atoms with Gasteiger partial charge in [-0.1, -0.05) is 36.9 Å². The van der Waals surface area contributed by atoms with Crippen LogP contribution in [0.25, 0.3) is 0 Å². The second-order valence-corrected chi connectivity index (χ2v) is 8.08. The summed E-state index contributed by atoms with van der Waals surface area (Å²) in [5.41, 5.74) is 1.44. The molecule has 27 heavy (non-hydrogen) atoms. The third-order valence-electron chi connectivity index (χ3n) is 4.91. The number of hydrogen-bond donors (Lipinski definition) is 1. The van der Waals surface area contributed by atoms with Gasteiger partial charge >= 0.3 is 0 Å². The van der Waals surface area contributed by atoms with Crippen LogP contribution in [0.4, 0.5) is 4.39 Å². The monoisotopic (exact) mass is 455 g/mol. The average molecular weight is 457 g/mol. The topological polar surface area (TPSA) is 30.5 Å². The summed E-state index contributed by atoms with van der Waals surface area (Å²) < 4.78 is 26.1. The van der Waals surface area contributed by atoms with E-state index in [9.17, 15) is 4.39 Å². The van der Waals surface area contributed by atoms with Crippen molar-refractivity contribution in [2.75, 3.05) is 7.11 Å². The maximum atomic E-state index is 14.0. The van der Waals surface area contributed by atoms with E-state index >= 15 is 0 Å². The molecule has 0 unspecified atom stereocenters. The van der Waals surface area contributed by atoms with Gasteiger partial charge < -0.3 is 14.8 Å². The lowest BCUT2D eigenvalue weighted by atomic mass is 9.95. The Kier molecular flexibility index (Phi) is 7.39. The maximum absolute atomic E-state index is 14.0. The third kappa shape index (κ3) is 5.37. The third-order valence-corrected chi connectivity index (χ3v) is 5.85. The van der Waals surface area contributed by atoms with Gasteiger partial charge in [0.15, 0.2) is 11.5 Å². The Morgan fingerprint density at radius 3 is 2.70 bits per heavy atom. The molecule has 1 fully saturated rings. The molecule has 1 saturated carbocycles. The highest BCUT2D eigenvalue weighted by Gasteiger charge is 2.16. The Hall–Kier alpha value is -1.30. The van der Waals surface area contributed by atoms with E-state index in [0.29, 0.717) is 28.1 Å². The molecule has 0 amide bonds. The van der Waals surface area contributed by atoms with E-state index in [1.807, 2.05) is 12.1 Å². The zero-order chi connectivity index (χ0) is 19.2. The molecule has 3 nitrogen and oxygen atoms in total. The SMILES string of the molecule is COc1cc(CNC2CCCCC2)cc(Br)c1OCc1c(F)cccc1Cl. The van der Waals surface area contributed by atoms with E-state index in [0.717, 1.165) is 16.6 Å². The van der Waals surface area contributed by atoms with Crippen LogP contribution in [-0.4, -0.2) is 13.2 Å². The lowest BCUT2D eigenvalue weighted by Gasteiger charge is -2.23. The molecular weight excluding hydrogens is 433 g/mol. The van der Waals surface area contributed by atoms with Crippen LogP contribution in [0.1, 0.15) is 43.2 Å². The fourth-order valence-electron chi connectivity index (χ4n) is 3.40. The van der Waals surface area contributed by atoms with Crippen LogP contribution in [-0.2, 0) is 13.2 Å². The van der Waals surface area contributed by atoms with Gasteiger partial charge in [0, 0.05) is 18.2 Å². The quantitative estimate of drug-likeness (QED) is 0.534. The smallest absolute Gasteiger partial charge is 0.175 e. The normalized spacial score (nSPS) is 15.0. The molecule has 2 aromatic carbocycles. The molecule has 2 aromatic rings. The van der Waals surface area contributed by atoms with Crippen molar-refractivity contribution in [3.63, 3.8) is 0 Å². The number of hydrogen-bond acceptors (Lipinski definition) is 3. The van der Waals surface area contributed by atoms with Crippen molar-refractivity contribution in [1.82, 2.24) is 5.32 Å². The Balaban J connectivity index is 1.70. The van der Waals surface area contributed by atoms with Crippen LogP contribution < -0.4 is 14.8 Å². The number of nitrogens with one attached hydrogen (secondary N) is 1. The lowest BCUT2D eigenvalue weighted by molar-refractivity contribution is 0.277. The van der Waals surface area contributed by atoms with Crippen LogP contribution >= 0.6 is 27.5 Å². The van der Waals surface area contributed by atoms with E-state index in [1.165, 1.54) is 38.2 Å². The Bertz CT molecular complexity index is 761. The summed E-state index contributed by atoms with van der Waals surface area (Å²) in [5.74, 6) is 0.765. The first kappa shape index (κ1) is 20.4. The van der Waals surface area contributed by atoms with Crippen LogP contribution in [0, 0.1) is 5.82 Å². The number of benzene rings is 2. The zero-order valence-corrected chi connectivity index (χ0v) is 17.7. The first-order valence-corrected chi connectivity index (χ1v) is 10.4. The first-order chi connectivity index (χ1) is 13.1. The van der Waals surface area contributed by atoms with E-state index in [1.54, 1.807) is 19.2 Å². The molecule has 0 saturated heterocycles. The Labute approximate surface area is 173 Å². The van der Waals surface area contributed by atoms with Crippen LogP contribution in [0.5, 0.6) is 11.5 Å². The number of rotatable bonds is 7. The highest BCUT2D eigenvalue weighted by atomic mass is 79.9. The summed E-state index contributed by atoms with van der Waals surface area (Å²) in [5, 5.41) is 3.97. The standard InChI is InChI=1S/C21H24BrClFNO2/c1-26-20-11-14(12-25-15-6-3-2-4-7-15)10-17(22)21(20)27-13-16-18(23)8-5-9-19(16)24/h5,8-11,15,25H,2-4,6-7,12-13H2,1H3. The molecule has 1 aliphatic rings. The molecular formula is C21H24BrClFNO2. The first-order valence-electron chi connectivity index (χ1n) is 9.24. The molecule has 0 aliphatic heterocycles. The Morgan fingerprint density at radius 2 is 2.00 bits per heavy atom. The molecule has 6 heteroatoms. The molecule has 1 aliphatic carbocycles. The highest BCUT2D eigenvalue weighted by Crippen LogP contribution is 2.38. The predicted octanol–water partition coefficient (Wildman–Crippen LogP) is 6.25. The number of halogens is 3.